The van der Waals surface area contributed by atoms with Crippen LogP contribution in [-0.2, 0) is 11.2 Å². The SMILES string of the molecule is CCC(C)NC(=O)Cc1csc(NC(=O)c2cnccn2)n1. The first-order valence-corrected chi connectivity index (χ1v) is 7.77. The zero-order chi connectivity index (χ0) is 15.9. The molecule has 0 spiro atoms. The van der Waals surface area contributed by atoms with E-state index in [1.165, 1.54) is 29.9 Å². The molecular formula is C14H17N5O2S. The second-order valence-corrected chi connectivity index (χ2v) is 5.60. The standard InChI is InChI=1S/C14H17N5O2S/c1-3-9(2)17-12(20)6-10-8-22-14(18-10)19-13(21)11-7-15-4-5-16-11/h4-5,7-9H,3,6H2,1-2H3,(H,17,20)(H,18,19,21). The summed E-state index contributed by atoms with van der Waals surface area (Å²) in [5.74, 6) is -0.454. The maximum Gasteiger partial charge on any atom is 0.277 e. The Morgan fingerprint density at radius 2 is 2.18 bits per heavy atom. The first-order valence-electron chi connectivity index (χ1n) is 6.89. The van der Waals surface area contributed by atoms with Crippen molar-refractivity contribution in [2.24, 2.45) is 0 Å². The van der Waals surface area contributed by atoms with Gasteiger partial charge in [0.25, 0.3) is 5.91 Å². The number of aromatic nitrogens is 3. The molecule has 0 aliphatic heterocycles. The maximum atomic E-state index is 11.9. The number of rotatable bonds is 6. The van der Waals surface area contributed by atoms with Crippen molar-refractivity contribution in [1.82, 2.24) is 20.3 Å². The molecule has 2 aromatic rings. The minimum Gasteiger partial charge on any atom is -0.353 e. The number of hydrogen-bond acceptors (Lipinski definition) is 6. The van der Waals surface area contributed by atoms with Crippen LogP contribution < -0.4 is 10.6 Å². The van der Waals surface area contributed by atoms with E-state index in [4.69, 9.17) is 0 Å². The van der Waals surface area contributed by atoms with Crippen molar-refractivity contribution in [2.45, 2.75) is 32.7 Å². The van der Waals surface area contributed by atoms with Crippen LogP contribution in [0.1, 0.15) is 36.5 Å². The van der Waals surface area contributed by atoms with Crippen molar-refractivity contribution in [3.05, 3.63) is 35.4 Å². The van der Waals surface area contributed by atoms with Gasteiger partial charge in [-0.1, -0.05) is 6.92 Å². The van der Waals surface area contributed by atoms with Crippen LogP contribution in [0.2, 0.25) is 0 Å². The second-order valence-electron chi connectivity index (χ2n) is 4.74. The number of nitrogens with one attached hydrogen (secondary N) is 2. The maximum absolute atomic E-state index is 11.9. The molecular weight excluding hydrogens is 302 g/mol. The number of carbonyl (C=O) groups is 2. The molecule has 2 aromatic heterocycles. The van der Waals surface area contributed by atoms with Crippen molar-refractivity contribution in [1.29, 1.82) is 0 Å². The highest BCUT2D eigenvalue weighted by Crippen LogP contribution is 2.16. The first kappa shape index (κ1) is 16.0. The molecule has 2 heterocycles. The highest BCUT2D eigenvalue weighted by Gasteiger charge is 2.12. The van der Waals surface area contributed by atoms with Crippen LogP contribution in [0.3, 0.4) is 0 Å². The summed E-state index contributed by atoms with van der Waals surface area (Å²) in [5, 5.41) is 7.70. The fourth-order valence-electron chi connectivity index (χ4n) is 1.62. The van der Waals surface area contributed by atoms with Crippen LogP contribution in [0.25, 0.3) is 0 Å². The molecule has 2 N–H and O–H groups in total. The number of anilines is 1. The summed E-state index contributed by atoms with van der Waals surface area (Å²) in [5.41, 5.74) is 0.842. The van der Waals surface area contributed by atoms with Crippen molar-refractivity contribution in [2.75, 3.05) is 5.32 Å². The summed E-state index contributed by atoms with van der Waals surface area (Å²) in [6.45, 7) is 3.96. The van der Waals surface area contributed by atoms with E-state index in [1.807, 2.05) is 13.8 Å². The van der Waals surface area contributed by atoms with Gasteiger partial charge in [0.05, 0.1) is 18.3 Å². The normalized spacial score (nSPS) is 11.7. The Balaban J connectivity index is 1.91. The number of amides is 2. The lowest BCUT2D eigenvalue weighted by atomic mass is 10.2. The number of carbonyl (C=O) groups excluding carboxylic acids is 2. The van der Waals surface area contributed by atoms with E-state index in [0.717, 1.165) is 6.42 Å². The molecule has 2 rings (SSSR count). The van der Waals surface area contributed by atoms with Crippen LogP contribution in [0.4, 0.5) is 5.13 Å². The van der Waals surface area contributed by atoms with Gasteiger partial charge in [0.2, 0.25) is 5.91 Å². The average molecular weight is 319 g/mol. The minimum atomic E-state index is -0.377. The topological polar surface area (TPSA) is 96.9 Å². The minimum absolute atomic E-state index is 0.0774. The van der Waals surface area contributed by atoms with E-state index >= 15 is 0 Å². The zero-order valence-electron chi connectivity index (χ0n) is 12.4. The molecule has 0 aliphatic rings. The fourth-order valence-corrected chi connectivity index (χ4v) is 2.32. The predicted molar refractivity (Wildman–Crippen MR) is 83.7 cm³/mol. The molecule has 0 saturated heterocycles. The molecule has 7 nitrogen and oxygen atoms in total. The lowest BCUT2D eigenvalue weighted by Crippen LogP contribution is -2.33. The zero-order valence-corrected chi connectivity index (χ0v) is 13.2. The van der Waals surface area contributed by atoms with Crippen LogP contribution in [0.5, 0.6) is 0 Å². The molecule has 116 valence electrons. The van der Waals surface area contributed by atoms with Gasteiger partial charge in [0.1, 0.15) is 5.69 Å². The summed E-state index contributed by atoms with van der Waals surface area (Å²) in [6.07, 6.45) is 5.39. The van der Waals surface area contributed by atoms with Crippen molar-refractivity contribution >= 4 is 28.3 Å². The van der Waals surface area contributed by atoms with E-state index in [9.17, 15) is 9.59 Å². The van der Waals surface area contributed by atoms with Crippen molar-refractivity contribution in [3.63, 3.8) is 0 Å². The molecule has 0 fully saturated rings. The molecule has 2 amide bonds. The van der Waals surface area contributed by atoms with E-state index in [1.54, 1.807) is 5.38 Å². The van der Waals surface area contributed by atoms with Gasteiger partial charge >= 0.3 is 0 Å². The van der Waals surface area contributed by atoms with Gasteiger partial charge in [-0.3, -0.25) is 19.9 Å². The van der Waals surface area contributed by atoms with Gasteiger partial charge in [-0.15, -0.1) is 11.3 Å². The summed E-state index contributed by atoms with van der Waals surface area (Å²) in [6, 6.07) is 0.141. The highest BCUT2D eigenvalue weighted by molar-refractivity contribution is 7.14. The summed E-state index contributed by atoms with van der Waals surface area (Å²) < 4.78 is 0. The lowest BCUT2D eigenvalue weighted by Gasteiger charge is -2.10. The third kappa shape index (κ3) is 4.59. The summed E-state index contributed by atoms with van der Waals surface area (Å²) in [4.78, 5) is 35.7. The Labute approximate surface area is 132 Å². The number of nitrogens with zero attached hydrogens (tertiary/aromatic N) is 3. The molecule has 0 aliphatic carbocycles. The highest BCUT2D eigenvalue weighted by atomic mass is 32.1. The summed E-state index contributed by atoms with van der Waals surface area (Å²) in [7, 11) is 0. The molecule has 0 aromatic carbocycles. The van der Waals surface area contributed by atoms with Crippen LogP contribution in [-0.4, -0.2) is 32.8 Å². The molecule has 0 radical (unpaired) electrons. The molecule has 1 atom stereocenters. The Morgan fingerprint density at radius 3 is 2.86 bits per heavy atom. The van der Waals surface area contributed by atoms with Gasteiger partial charge in [0.15, 0.2) is 5.13 Å². The predicted octanol–water partition coefficient (Wildman–Crippen LogP) is 1.64. The Morgan fingerprint density at radius 1 is 1.36 bits per heavy atom. The lowest BCUT2D eigenvalue weighted by molar-refractivity contribution is -0.121. The molecule has 0 bridgehead atoms. The monoisotopic (exact) mass is 319 g/mol. The van der Waals surface area contributed by atoms with Crippen LogP contribution in [0.15, 0.2) is 24.0 Å². The third-order valence-electron chi connectivity index (χ3n) is 2.93. The summed E-state index contributed by atoms with van der Waals surface area (Å²) >= 11 is 1.27. The van der Waals surface area contributed by atoms with Crippen LogP contribution >= 0.6 is 11.3 Å². The quantitative estimate of drug-likeness (QED) is 0.843. The average Bonchev–Trinajstić information content (AvgIpc) is 2.94. The van der Waals surface area contributed by atoms with E-state index in [-0.39, 0.29) is 30.0 Å². The molecule has 22 heavy (non-hydrogen) atoms. The van der Waals surface area contributed by atoms with E-state index in [2.05, 4.69) is 25.6 Å². The fraction of sp³-hybridized carbons (Fsp3) is 0.357. The Kier molecular flexibility index (Phi) is 5.54. The smallest absolute Gasteiger partial charge is 0.277 e. The third-order valence-corrected chi connectivity index (χ3v) is 3.74. The first-order chi connectivity index (χ1) is 10.6. The molecule has 1 unspecified atom stereocenters. The largest absolute Gasteiger partial charge is 0.353 e. The van der Waals surface area contributed by atoms with Gasteiger partial charge < -0.3 is 5.32 Å². The van der Waals surface area contributed by atoms with E-state index < -0.39 is 0 Å². The number of thiazole rings is 1. The van der Waals surface area contributed by atoms with Crippen molar-refractivity contribution < 1.29 is 9.59 Å². The number of hydrogen-bond donors (Lipinski definition) is 2. The van der Waals surface area contributed by atoms with Gasteiger partial charge in [0, 0.05) is 23.8 Å². The van der Waals surface area contributed by atoms with Gasteiger partial charge in [-0.2, -0.15) is 0 Å². The Hall–Kier alpha value is -2.35. The van der Waals surface area contributed by atoms with Crippen molar-refractivity contribution in [3.8, 4) is 0 Å². The van der Waals surface area contributed by atoms with Gasteiger partial charge in [-0.05, 0) is 13.3 Å². The van der Waals surface area contributed by atoms with Gasteiger partial charge in [-0.25, -0.2) is 9.97 Å². The second kappa shape index (κ2) is 7.60. The molecule has 0 saturated carbocycles. The Bertz CT molecular complexity index is 644. The van der Waals surface area contributed by atoms with Crippen LogP contribution in [0, 0.1) is 0 Å². The van der Waals surface area contributed by atoms with E-state index in [0.29, 0.717) is 10.8 Å². The molecule has 8 heteroatoms.